The van der Waals surface area contributed by atoms with Crippen molar-refractivity contribution in [2.75, 3.05) is 25.5 Å². The number of likely N-dealkylation sites (tertiary alicyclic amines) is 1. The third kappa shape index (κ3) is 2.83. The van der Waals surface area contributed by atoms with Crippen molar-refractivity contribution >= 4 is 11.6 Å². The number of benzene rings is 1. The fourth-order valence-electron chi connectivity index (χ4n) is 2.15. The fraction of sp³-hybridized carbons (Fsp3) is 0.462. The number of hydrogen-bond acceptors (Lipinski definition) is 2. The predicted molar refractivity (Wildman–Crippen MR) is 65.3 cm³/mol. The van der Waals surface area contributed by atoms with Crippen molar-refractivity contribution in [3.05, 3.63) is 30.3 Å². The minimum absolute atomic E-state index is 0.138. The van der Waals surface area contributed by atoms with E-state index < -0.39 is 0 Å². The van der Waals surface area contributed by atoms with Gasteiger partial charge >= 0.3 is 0 Å². The zero-order chi connectivity index (χ0) is 11.4. The molecule has 0 saturated carbocycles. The molecule has 1 saturated heterocycles. The highest BCUT2D eigenvalue weighted by Crippen LogP contribution is 2.17. The van der Waals surface area contributed by atoms with Crippen LogP contribution in [0.5, 0.6) is 0 Å². The molecule has 86 valence electrons. The summed E-state index contributed by atoms with van der Waals surface area (Å²) >= 11 is 0. The Balaban J connectivity index is 1.93. The number of nitrogens with one attached hydrogen (secondary N) is 1. The van der Waals surface area contributed by atoms with E-state index in [1.807, 2.05) is 30.3 Å². The van der Waals surface area contributed by atoms with Crippen LogP contribution in [0, 0.1) is 5.92 Å². The monoisotopic (exact) mass is 218 g/mol. The summed E-state index contributed by atoms with van der Waals surface area (Å²) in [5, 5.41) is 2.97. The summed E-state index contributed by atoms with van der Waals surface area (Å²) in [6.07, 6.45) is 2.12. The molecule has 1 aromatic rings. The normalized spacial score (nSPS) is 21.7. The highest BCUT2D eigenvalue weighted by atomic mass is 16.1. The molecule has 3 nitrogen and oxygen atoms in total. The van der Waals surface area contributed by atoms with Gasteiger partial charge in [-0.15, -0.1) is 0 Å². The Labute approximate surface area is 96.5 Å². The van der Waals surface area contributed by atoms with E-state index in [0.717, 1.165) is 31.6 Å². The van der Waals surface area contributed by atoms with E-state index in [2.05, 4.69) is 17.3 Å². The van der Waals surface area contributed by atoms with Crippen LogP contribution in [0.3, 0.4) is 0 Å². The van der Waals surface area contributed by atoms with Crippen molar-refractivity contribution in [1.29, 1.82) is 0 Å². The predicted octanol–water partition coefficient (Wildman–Crippen LogP) is 1.97. The number of amides is 1. The maximum absolute atomic E-state index is 12.0. The number of hydrogen-bond donors (Lipinski definition) is 1. The standard InChI is InChI=1S/C13H18N2O/c1-15-9-5-6-11(10-15)13(16)14-12-7-3-2-4-8-12/h2-4,7-8,11H,5-6,9-10H2,1H3,(H,14,16)/t11-/m0/s1. The molecule has 1 aromatic carbocycles. The van der Waals surface area contributed by atoms with Gasteiger partial charge in [-0.3, -0.25) is 4.79 Å². The Morgan fingerprint density at radius 1 is 1.38 bits per heavy atom. The van der Waals surface area contributed by atoms with Crippen LogP contribution in [-0.4, -0.2) is 30.9 Å². The molecule has 1 N–H and O–H groups in total. The lowest BCUT2D eigenvalue weighted by Gasteiger charge is -2.28. The number of piperidine rings is 1. The first-order valence-corrected chi connectivity index (χ1v) is 5.80. The highest BCUT2D eigenvalue weighted by Gasteiger charge is 2.23. The summed E-state index contributed by atoms with van der Waals surface area (Å²) in [6.45, 7) is 1.98. The lowest BCUT2D eigenvalue weighted by molar-refractivity contribution is -0.121. The van der Waals surface area contributed by atoms with E-state index >= 15 is 0 Å². The topological polar surface area (TPSA) is 32.3 Å². The maximum atomic E-state index is 12.0. The van der Waals surface area contributed by atoms with Crippen LogP contribution < -0.4 is 5.32 Å². The molecule has 16 heavy (non-hydrogen) atoms. The highest BCUT2D eigenvalue weighted by molar-refractivity contribution is 5.92. The van der Waals surface area contributed by atoms with Gasteiger partial charge in [-0.25, -0.2) is 0 Å². The third-order valence-electron chi connectivity index (χ3n) is 3.04. The molecule has 1 fully saturated rings. The van der Waals surface area contributed by atoms with Crippen LogP contribution in [0.1, 0.15) is 12.8 Å². The number of rotatable bonds is 2. The van der Waals surface area contributed by atoms with E-state index in [1.54, 1.807) is 0 Å². The second-order valence-electron chi connectivity index (χ2n) is 4.46. The average Bonchev–Trinajstić information content (AvgIpc) is 2.30. The van der Waals surface area contributed by atoms with Crippen molar-refractivity contribution < 1.29 is 4.79 Å². The van der Waals surface area contributed by atoms with Crippen LogP contribution in [0.15, 0.2) is 30.3 Å². The molecule has 0 aliphatic carbocycles. The van der Waals surface area contributed by atoms with E-state index in [4.69, 9.17) is 0 Å². The summed E-state index contributed by atoms with van der Waals surface area (Å²) in [6, 6.07) is 9.66. The Bertz CT molecular complexity index is 350. The van der Waals surface area contributed by atoms with Gasteiger partial charge < -0.3 is 10.2 Å². The zero-order valence-electron chi connectivity index (χ0n) is 9.65. The van der Waals surface area contributed by atoms with Gasteiger partial charge in [-0.2, -0.15) is 0 Å². The molecule has 1 heterocycles. The Morgan fingerprint density at radius 2 is 2.12 bits per heavy atom. The lowest BCUT2D eigenvalue weighted by Crippen LogP contribution is -2.38. The van der Waals surface area contributed by atoms with E-state index in [0.29, 0.717) is 0 Å². The molecule has 1 amide bonds. The Kier molecular flexibility index (Phi) is 3.57. The van der Waals surface area contributed by atoms with Gasteiger partial charge in [-0.1, -0.05) is 18.2 Å². The van der Waals surface area contributed by atoms with Gasteiger partial charge in [0, 0.05) is 12.2 Å². The van der Waals surface area contributed by atoms with Crippen LogP contribution in [0.2, 0.25) is 0 Å². The molecule has 0 bridgehead atoms. The average molecular weight is 218 g/mol. The largest absolute Gasteiger partial charge is 0.326 e. The molecule has 1 aliphatic heterocycles. The van der Waals surface area contributed by atoms with Crippen LogP contribution in [-0.2, 0) is 4.79 Å². The maximum Gasteiger partial charge on any atom is 0.228 e. The van der Waals surface area contributed by atoms with Crippen molar-refractivity contribution in [3.8, 4) is 0 Å². The minimum Gasteiger partial charge on any atom is -0.326 e. The van der Waals surface area contributed by atoms with Crippen molar-refractivity contribution in [2.24, 2.45) is 5.92 Å². The summed E-state index contributed by atoms with van der Waals surface area (Å²) in [5.41, 5.74) is 0.890. The first kappa shape index (κ1) is 11.1. The van der Waals surface area contributed by atoms with Crippen molar-refractivity contribution in [2.45, 2.75) is 12.8 Å². The molecule has 0 spiro atoms. The number of carbonyl (C=O) groups excluding carboxylic acids is 1. The van der Waals surface area contributed by atoms with E-state index in [1.165, 1.54) is 0 Å². The summed E-state index contributed by atoms with van der Waals surface area (Å²) in [5.74, 6) is 0.289. The number of carbonyl (C=O) groups is 1. The SMILES string of the molecule is CN1CCC[C@H](C(=O)Nc2ccccc2)C1. The summed E-state index contributed by atoms with van der Waals surface area (Å²) < 4.78 is 0. The van der Waals surface area contributed by atoms with Crippen molar-refractivity contribution in [3.63, 3.8) is 0 Å². The summed E-state index contributed by atoms with van der Waals surface area (Å²) in [4.78, 5) is 14.2. The second-order valence-corrected chi connectivity index (χ2v) is 4.46. The first-order chi connectivity index (χ1) is 7.75. The van der Waals surface area contributed by atoms with Gasteiger partial charge in [0.15, 0.2) is 0 Å². The molecule has 1 atom stereocenters. The third-order valence-corrected chi connectivity index (χ3v) is 3.04. The van der Waals surface area contributed by atoms with E-state index in [-0.39, 0.29) is 11.8 Å². The van der Waals surface area contributed by atoms with Crippen LogP contribution >= 0.6 is 0 Å². The molecule has 1 aliphatic rings. The second kappa shape index (κ2) is 5.12. The van der Waals surface area contributed by atoms with Crippen LogP contribution in [0.25, 0.3) is 0 Å². The van der Waals surface area contributed by atoms with Gasteiger partial charge in [0.25, 0.3) is 0 Å². The smallest absolute Gasteiger partial charge is 0.228 e. The molecular weight excluding hydrogens is 200 g/mol. The molecule has 0 aromatic heterocycles. The number of para-hydroxylation sites is 1. The first-order valence-electron chi connectivity index (χ1n) is 5.80. The molecule has 2 rings (SSSR count). The summed E-state index contributed by atoms with van der Waals surface area (Å²) in [7, 11) is 2.07. The quantitative estimate of drug-likeness (QED) is 0.823. The Morgan fingerprint density at radius 3 is 2.81 bits per heavy atom. The molecule has 3 heteroatoms. The van der Waals surface area contributed by atoms with Gasteiger partial charge in [0.1, 0.15) is 0 Å². The van der Waals surface area contributed by atoms with E-state index in [9.17, 15) is 4.79 Å². The van der Waals surface area contributed by atoms with Gasteiger partial charge in [0.2, 0.25) is 5.91 Å². The fourth-order valence-corrected chi connectivity index (χ4v) is 2.15. The van der Waals surface area contributed by atoms with Gasteiger partial charge in [-0.05, 0) is 38.6 Å². The Hall–Kier alpha value is -1.35. The van der Waals surface area contributed by atoms with Gasteiger partial charge in [0.05, 0.1) is 5.92 Å². The number of anilines is 1. The lowest BCUT2D eigenvalue weighted by atomic mass is 9.97. The van der Waals surface area contributed by atoms with Crippen LogP contribution in [0.4, 0.5) is 5.69 Å². The molecule has 0 unspecified atom stereocenters. The number of nitrogens with zero attached hydrogens (tertiary/aromatic N) is 1. The molecular formula is C13H18N2O. The minimum atomic E-state index is 0.138. The van der Waals surface area contributed by atoms with Crippen molar-refractivity contribution in [1.82, 2.24) is 4.90 Å². The molecule has 0 radical (unpaired) electrons. The zero-order valence-corrected chi connectivity index (χ0v) is 9.65.